The van der Waals surface area contributed by atoms with Gasteiger partial charge in [-0.15, -0.1) is 0 Å². The lowest BCUT2D eigenvalue weighted by atomic mass is 10.2. The van der Waals surface area contributed by atoms with Gasteiger partial charge >= 0.3 is 0 Å². The number of para-hydroxylation sites is 1. The van der Waals surface area contributed by atoms with Crippen molar-refractivity contribution < 1.29 is 9.47 Å². The first-order chi connectivity index (χ1) is 14.3. The molecule has 0 spiro atoms. The summed E-state index contributed by atoms with van der Waals surface area (Å²) < 4.78 is 11.8. The minimum Gasteiger partial charge on any atom is -0.493 e. The molecule has 0 amide bonds. The normalized spacial score (nSPS) is 10.5. The zero-order chi connectivity index (χ0) is 20.2. The highest BCUT2D eigenvalue weighted by Gasteiger charge is 2.03. The minimum atomic E-state index is 0.680. The third kappa shape index (κ3) is 7.19. The van der Waals surface area contributed by atoms with Crippen LogP contribution in [0.25, 0.3) is 0 Å². The van der Waals surface area contributed by atoms with E-state index < -0.39 is 0 Å². The number of ether oxygens (including phenoxy) is 2. The molecule has 3 heteroatoms. The van der Waals surface area contributed by atoms with Crippen LogP contribution in [0.1, 0.15) is 37.3 Å². The van der Waals surface area contributed by atoms with E-state index in [-0.39, 0.29) is 0 Å². The van der Waals surface area contributed by atoms with E-state index >= 15 is 0 Å². The summed E-state index contributed by atoms with van der Waals surface area (Å²) >= 11 is 0. The molecule has 0 heterocycles. The van der Waals surface area contributed by atoms with Crippen molar-refractivity contribution in [3.05, 3.63) is 90.0 Å². The average molecular weight is 390 g/mol. The molecule has 0 radical (unpaired) electrons. The van der Waals surface area contributed by atoms with Crippen molar-refractivity contribution in [3.63, 3.8) is 0 Å². The van der Waals surface area contributed by atoms with Gasteiger partial charge in [0.25, 0.3) is 0 Å². The number of anilines is 1. The SMILES string of the molecule is CCCCCOc1ccccc1CNc1ccc(OCCc2ccccc2)cc1. The minimum absolute atomic E-state index is 0.680. The van der Waals surface area contributed by atoms with E-state index in [1.807, 2.05) is 30.3 Å². The van der Waals surface area contributed by atoms with Gasteiger partial charge in [0.15, 0.2) is 0 Å². The van der Waals surface area contributed by atoms with Crippen LogP contribution in [-0.2, 0) is 13.0 Å². The molecule has 0 aromatic heterocycles. The lowest BCUT2D eigenvalue weighted by Gasteiger charge is -2.13. The Balaban J connectivity index is 1.45. The van der Waals surface area contributed by atoms with Crippen LogP contribution >= 0.6 is 0 Å². The van der Waals surface area contributed by atoms with Crippen molar-refractivity contribution in [2.24, 2.45) is 0 Å². The third-order valence-corrected chi connectivity index (χ3v) is 4.82. The summed E-state index contributed by atoms with van der Waals surface area (Å²) in [5.41, 5.74) is 3.54. The Labute approximate surface area is 174 Å². The van der Waals surface area contributed by atoms with Crippen molar-refractivity contribution in [3.8, 4) is 11.5 Å². The van der Waals surface area contributed by atoms with Gasteiger partial charge in [0.2, 0.25) is 0 Å². The zero-order valence-electron chi connectivity index (χ0n) is 17.3. The Hall–Kier alpha value is -2.94. The lowest BCUT2D eigenvalue weighted by molar-refractivity contribution is 0.303. The Kier molecular flexibility index (Phi) is 8.46. The number of hydrogen-bond acceptors (Lipinski definition) is 3. The summed E-state index contributed by atoms with van der Waals surface area (Å²) in [7, 11) is 0. The maximum atomic E-state index is 5.97. The molecule has 29 heavy (non-hydrogen) atoms. The highest BCUT2D eigenvalue weighted by molar-refractivity contribution is 5.48. The molecular weight excluding hydrogens is 358 g/mol. The average Bonchev–Trinajstić information content (AvgIpc) is 2.78. The van der Waals surface area contributed by atoms with Crippen LogP contribution in [-0.4, -0.2) is 13.2 Å². The maximum Gasteiger partial charge on any atom is 0.124 e. The molecule has 152 valence electrons. The molecule has 3 nitrogen and oxygen atoms in total. The molecule has 1 N–H and O–H groups in total. The molecular formula is C26H31NO2. The molecule has 0 saturated carbocycles. The first-order valence-corrected chi connectivity index (χ1v) is 10.6. The summed E-state index contributed by atoms with van der Waals surface area (Å²) in [5.74, 6) is 1.86. The molecule has 0 aliphatic carbocycles. The number of benzene rings is 3. The van der Waals surface area contributed by atoms with E-state index in [1.165, 1.54) is 24.0 Å². The molecule has 0 aliphatic rings. The highest BCUT2D eigenvalue weighted by atomic mass is 16.5. The van der Waals surface area contributed by atoms with E-state index in [9.17, 15) is 0 Å². The van der Waals surface area contributed by atoms with E-state index in [1.54, 1.807) is 0 Å². The molecule has 0 atom stereocenters. The van der Waals surface area contributed by atoms with Crippen molar-refractivity contribution in [2.45, 2.75) is 39.2 Å². The molecule has 3 aromatic rings. The van der Waals surface area contributed by atoms with E-state index in [2.05, 4.69) is 60.8 Å². The predicted molar refractivity (Wildman–Crippen MR) is 121 cm³/mol. The van der Waals surface area contributed by atoms with Crippen LogP contribution in [0.4, 0.5) is 5.69 Å². The van der Waals surface area contributed by atoms with Gasteiger partial charge in [0, 0.05) is 24.2 Å². The molecule has 0 unspecified atom stereocenters. The third-order valence-electron chi connectivity index (χ3n) is 4.82. The Bertz CT molecular complexity index is 831. The summed E-state index contributed by atoms with van der Waals surface area (Å²) in [5, 5.41) is 3.48. The van der Waals surface area contributed by atoms with Gasteiger partial charge in [0.05, 0.1) is 13.2 Å². The zero-order valence-corrected chi connectivity index (χ0v) is 17.3. The van der Waals surface area contributed by atoms with E-state index in [4.69, 9.17) is 9.47 Å². The lowest BCUT2D eigenvalue weighted by Crippen LogP contribution is -2.05. The van der Waals surface area contributed by atoms with Crippen LogP contribution in [0.15, 0.2) is 78.9 Å². The van der Waals surface area contributed by atoms with Crippen LogP contribution in [0.2, 0.25) is 0 Å². The van der Waals surface area contributed by atoms with E-state index in [0.717, 1.165) is 43.2 Å². The van der Waals surface area contributed by atoms with Gasteiger partial charge in [-0.3, -0.25) is 0 Å². The largest absolute Gasteiger partial charge is 0.493 e. The quantitative estimate of drug-likeness (QED) is 0.359. The van der Waals surface area contributed by atoms with Gasteiger partial charge < -0.3 is 14.8 Å². The maximum absolute atomic E-state index is 5.97. The first kappa shape index (κ1) is 20.8. The smallest absolute Gasteiger partial charge is 0.124 e. The first-order valence-electron chi connectivity index (χ1n) is 10.6. The Morgan fingerprint density at radius 3 is 2.28 bits per heavy atom. The van der Waals surface area contributed by atoms with Gasteiger partial charge in [-0.05, 0) is 42.3 Å². The summed E-state index contributed by atoms with van der Waals surface area (Å²) in [6.45, 7) is 4.40. The summed E-state index contributed by atoms with van der Waals surface area (Å²) in [6.07, 6.45) is 4.43. The predicted octanol–water partition coefficient (Wildman–Crippen LogP) is 6.49. The fourth-order valence-electron chi connectivity index (χ4n) is 3.12. The number of hydrogen-bond donors (Lipinski definition) is 1. The second kappa shape index (κ2) is 11.8. The van der Waals surface area contributed by atoms with Gasteiger partial charge in [-0.25, -0.2) is 0 Å². The van der Waals surface area contributed by atoms with Crippen LogP contribution < -0.4 is 14.8 Å². The van der Waals surface area contributed by atoms with Gasteiger partial charge in [-0.2, -0.15) is 0 Å². The van der Waals surface area contributed by atoms with E-state index in [0.29, 0.717) is 6.61 Å². The number of rotatable bonds is 12. The molecule has 0 bridgehead atoms. The van der Waals surface area contributed by atoms with Crippen molar-refractivity contribution in [1.82, 2.24) is 0 Å². The number of unbranched alkanes of at least 4 members (excludes halogenated alkanes) is 2. The van der Waals surface area contributed by atoms with Crippen LogP contribution in [0, 0.1) is 0 Å². The van der Waals surface area contributed by atoms with Crippen LogP contribution in [0.3, 0.4) is 0 Å². The fourth-order valence-corrected chi connectivity index (χ4v) is 3.12. The Morgan fingerprint density at radius 1 is 0.724 bits per heavy atom. The Morgan fingerprint density at radius 2 is 1.48 bits per heavy atom. The molecule has 3 aromatic carbocycles. The standard InChI is InChI=1S/C26H31NO2/c1-2-3-9-19-29-26-13-8-7-12-23(26)21-27-24-14-16-25(17-15-24)28-20-18-22-10-5-4-6-11-22/h4-8,10-17,27H,2-3,9,18-21H2,1H3. The molecule has 3 rings (SSSR count). The second-order valence-electron chi connectivity index (χ2n) is 7.13. The topological polar surface area (TPSA) is 30.5 Å². The highest BCUT2D eigenvalue weighted by Crippen LogP contribution is 2.21. The van der Waals surface area contributed by atoms with Crippen molar-refractivity contribution in [1.29, 1.82) is 0 Å². The molecule has 0 saturated heterocycles. The van der Waals surface area contributed by atoms with Gasteiger partial charge in [0.1, 0.15) is 11.5 Å². The second-order valence-corrected chi connectivity index (χ2v) is 7.13. The number of nitrogens with one attached hydrogen (secondary N) is 1. The van der Waals surface area contributed by atoms with Crippen molar-refractivity contribution >= 4 is 5.69 Å². The molecule has 0 fully saturated rings. The van der Waals surface area contributed by atoms with Gasteiger partial charge in [-0.1, -0.05) is 68.3 Å². The summed E-state index contributed by atoms with van der Waals surface area (Å²) in [4.78, 5) is 0. The van der Waals surface area contributed by atoms with Crippen LogP contribution in [0.5, 0.6) is 11.5 Å². The van der Waals surface area contributed by atoms with Crippen molar-refractivity contribution in [2.75, 3.05) is 18.5 Å². The summed E-state index contributed by atoms with van der Waals surface area (Å²) in [6, 6.07) is 26.8. The molecule has 0 aliphatic heterocycles. The fraction of sp³-hybridized carbons (Fsp3) is 0.308. The monoisotopic (exact) mass is 389 g/mol.